The highest BCUT2D eigenvalue weighted by atomic mass is 32.2. The van der Waals surface area contributed by atoms with Crippen LogP contribution in [-0.2, 0) is 14.6 Å². The van der Waals surface area contributed by atoms with E-state index in [2.05, 4.69) is 44.4 Å². The number of nitrogens with zero attached hydrogens (tertiary/aromatic N) is 4. The minimum Gasteiger partial charge on any atom is -0.479 e. The molecule has 0 saturated heterocycles. The van der Waals surface area contributed by atoms with Gasteiger partial charge in [0, 0.05) is 49.0 Å². The smallest absolute Gasteiger partial charge is 0.257 e. The lowest BCUT2D eigenvalue weighted by molar-refractivity contribution is -0.114. The van der Waals surface area contributed by atoms with Crippen LogP contribution in [0.3, 0.4) is 0 Å². The van der Waals surface area contributed by atoms with Crippen LogP contribution >= 0.6 is 0 Å². The molecule has 0 atom stereocenters. The average molecular weight is 589 g/mol. The number of carbonyl (C=O) groups excluding carboxylic acids is 1. The first-order valence-corrected chi connectivity index (χ1v) is 15.2. The topological polar surface area (TPSA) is 145 Å². The molecule has 4 aromatic heterocycles. The number of fused-ring (bicyclic) bond motifs is 1. The summed E-state index contributed by atoms with van der Waals surface area (Å²) < 4.78 is 37.2. The van der Waals surface area contributed by atoms with Crippen molar-refractivity contribution >= 4 is 33.1 Å². The molecule has 0 aliphatic carbocycles. The maximum atomic E-state index is 12.7. The largest absolute Gasteiger partial charge is 0.479 e. The summed E-state index contributed by atoms with van der Waals surface area (Å²) >= 11 is 0. The van der Waals surface area contributed by atoms with E-state index in [1.807, 2.05) is 19.9 Å². The van der Waals surface area contributed by atoms with Crippen LogP contribution in [0, 0.1) is 0 Å². The second-order valence-electron chi connectivity index (χ2n) is 11.0. The Labute approximate surface area is 244 Å². The molecule has 4 aromatic rings. The zero-order valence-electron chi connectivity index (χ0n) is 24.2. The molecule has 218 valence electrons. The van der Waals surface area contributed by atoms with E-state index in [0.717, 1.165) is 17.4 Å². The van der Waals surface area contributed by atoms with Crippen molar-refractivity contribution in [2.45, 2.75) is 51.2 Å². The van der Waals surface area contributed by atoms with Crippen LogP contribution in [-0.4, -0.2) is 52.7 Å². The number of carbonyl (C=O) groups is 1. The molecule has 1 amide bonds. The fraction of sp³-hybridized carbons (Fsp3) is 0.300. The number of hydrogen-bond acceptors (Lipinski definition) is 10. The zero-order valence-corrected chi connectivity index (χ0v) is 25.0. The predicted molar refractivity (Wildman–Crippen MR) is 160 cm³/mol. The van der Waals surface area contributed by atoms with Crippen LogP contribution in [0.4, 0.5) is 17.3 Å². The summed E-state index contributed by atoms with van der Waals surface area (Å²) in [5.41, 5.74) is 3.55. The minimum absolute atomic E-state index is 0.0983. The first-order valence-electron chi connectivity index (χ1n) is 13.3. The maximum absolute atomic E-state index is 12.7. The highest BCUT2D eigenvalue weighted by Crippen LogP contribution is 2.38. The Kier molecular flexibility index (Phi) is 7.58. The molecule has 1 aliphatic rings. The van der Waals surface area contributed by atoms with Crippen LogP contribution in [0.5, 0.6) is 11.6 Å². The summed E-state index contributed by atoms with van der Waals surface area (Å²) in [6.07, 6.45) is 6.11. The average Bonchev–Trinajstić information content (AvgIpc) is 2.91. The molecular formula is C30H32N6O5S. The van der Waals surface area contributed by atoms with Gasteiger partial charge in [0.15, 0.2) is 20.6 Å². The molecule has 0 unspecified atom stereocenters. The number of sulfone groups is 1. The lowest BCUT2D eigenvalue weighted by Gasteiger charge is -2.31. The van der Waals surface area contributed by atoms with E-state index in [1.54, 1.807) is 48.9 Å². The van der Waals surface area contributed by atoms with Gasteiger partial charge in [-0.25, -0.2) is 23.4 Å². The number of rotatable bonds is 7. The number of hydrogen-bond donors (Lipinski definition) is 2. The number of amides is 1. The molecule has 2 N–H and O–H groups in total. The second-order valence-corrected chi connectivity index (χ2v) is 13.0. The number of aromatic nitrogens is 4. The van der Waals surface area contributed by atoms with Crippen molar-refractivity contribution in [3.8, 4) is 34.0 Å². The fourth-order valence-corrected chi connectivity index (χ4v) is 5.15. The third-order valence-corrected chi connectivity index (χ3v) is 7.45. The Morgan fingerprint density at radius 1 is 1.02 bits per heavy atom. The van der Waals surface area contributed by atoms with Gasteiger partial charge in [-0.05, 0) is 61.2 Å². The van der Waals surface area contributed by atoms with Gasteiger partial charge in [0.25, 0.3) is 5.88 Å². The van der Waals surface area contributed by atoms with E-state index < -0.39 is 15.4 Å². The van der Waals surface area contributed by atoms with Crippen LogP contribution in [0.15, 0.2) is 60.0 Å². The molecule has 0 fully saturated rings. The second kappa shape index (κ2) is 11.0. The van der Waals surface area contributed by atoms with Gasteiger partial charge in [0.1, 0.15) is 23.8 Å². The van der Waals surface area contributed by atoms with Gasteiger partial charge in [0.2, 0.25) is 5.91 Å². The maximum Gasteiger partial charge on any atom is 0.257 e. The van der Waals surface area contributed by atoms with E-state index in [0.29, 0.717) is 46.6 Å². The number of ether oxygens (including phenoxy) is 2. The van der Waals surface area contributed by atoms with Crippen molar-refractivity contribution in [1.29, 1.82) is 0 Å². The van der Waals surface area contributed by atoms with Gasteiger partial charge in [0.05, 0.1) is 11.4 Å². The van der Waals surface area contributed by atoms with Crippen molar-refractivity contribution in [2.75, 3.05) is 23.5 Å². The van der Waals surface area contributed by atoms with Crippen molar-refractivity contribution in [1.82, 2.24) is 19.9 Å². The molecular weight excluding hydrogens is 556 g/mol. The summed E-state index contributed by atoms with van der Waals surface area (Å²) in [6, 6.07) is 10.4. The number of pyridine rings is 4. The number of anilines is 3. The molecule has 1 aliphatic heterocycles. The highest BCUT2D eigenvalue weighted by molar-refractivity contribution is 7.90. The third-order valence-electron chi connectivity index (χ3n) is 6.48. The molecule has 0 aromatic carbocycles. The summed E-state index contributed by atoms with van der Waals surface area (Å²) in [7, 11) is -3.67. The molecule has 0 spiro atoms. The van der Waals surface area contributed by atoms with Crippen LogP contribution < -0.4 is 20.1 Å². The summed E-state index contributed by atoms with van der Waals surface area (Å²) in [4.78, 5) is 29.5. The van der Waals surface area contributed by atoms with E-state index in [9.17, 15) is 13.2 Å². The molecule has 42 heavy (non-hydrogen) atoms. The predicted octanol–water partition coefficient (Wildman–Crippen LogP) is 5.38. The molecule has 5 heterocycles. The van der Waals surface area contributed by atoms with E-state index in [-0.39, 0.29) is 22.7 Å². The Hall–Kier alpha value is -4.58. The minimum atomic E-state index is -3.67. The normalized spacial score (nSPS) is 14.0. The van der Waals surface area contributed by atoms with Crippen LogP contribution in [0.1, 0.15) is 46.1 Å². The third kappa shape index (κ3) is 6.33. The highest BCUT2D eigenvalue weighted by Gasteiger charge is 2.29. The molecule has 0 radical (unpaired) electrons. The van der Waals surface area contributed by atoms with Gasteiger partial charge < -0.3 is 20.1 Å². The van der Waals surface area contributed by atoms with Gasteiger partial charge in [-0.15, -0.1) is 0 Å². The van der Waals surface area contributed by atoms with Gasteiger partial charge in [-0.1, -0.05) is 13.8 Å². The van der Waals surface area contributed by atoms with Gasteiger partial charge >= 0.3 is 0 Å². The van der Waals surface area contributed by atoms with Crippen LogP contribution in [0.2, 0.25) is 0 Å². The van der Waals surface area contributed by atoms with Crippen molar-refractivity contribution < 1.29 is 22.7 Å². The quantitative estimate of drug-likeness (QED) is 0.289. The van der Waals surface area contributed by atoms with Crippen molar-refractivity contribution in [3.63, 3.8) is 0 Å². The first kappa shape index (κ1) is 28.9. The first-order chi connectivity index (χ1) is 19.8. The van der Waals surface area contributed by atoms with E-state index >= 15 is 0 Å². The van der Waals surface area contributed by atoms with Crippen LogP contribution in [0.25, 0.3) is 22.4 Å². The lowest BCUT2D eigenvalue weighted by Crippen LogP contribution is -2.39. The molecule has 0 saturated carbocycles. The van der Waals surface area contributed by atoms with Crippen molar-refractivity contribution in [3.05, 3.63) is 60.6 Å². The molecule has 11 nitrogen and oxygen atoms in total. The Balaban J connectivity index is 1.63. The molecule has 5 rings (SSSR count). The lowest BCUT2D eigenvalue weighted by atomic mass is 9.95. The molecule has 0 bridgehead atoms. The number of nitrogens with one attached hydrogen (secondary N) is 2. The molecule has 12 heteroatoms. The van der Waals surface area contributed by atoms with E-state index in [1.165, 1.54) is 6.92 Å². The summed E-state index contributed by atoms with van der Waals surface area (Å²) in [6.45, 7) is 9.70. The summed E-state index contributed by atoms with van der Waals surface area (Å²) in [5.74, 6) is 1.32. The monoisotopic (exact) mass is 588 g/mol. The Bertz CT molecular complexity index is 1790. The fourth-order valence-electron chi connectivity index (χ4n) is 4.54. The Morgan fingerprint density at radius 3 is 2.52 bits per heavy atom. The van der Waals surface area contributed by atoms with Crippen molar-refractivity contribution in [2.24, 2.45) is 0 Å². The SMILES string of the molecule is CC(=O)Nc1cc(Nc2cc(-c3cnccc3C(C)C)cc(S(C)(=O)=O)n2)c(-c2ccc3c(n2)OCC(C)(C)O3)cn1. The summed E-state index contributed by atoms with van der Waals surface area (Å²) in [5, 5.41) is 5.83. The van der Waals surface area contributed by atoms with Gasteiger partial charge in [-0.2, -0.15) is 0 Å². The van der Waals surface area contributed by atoms with E-state index in [4.69, 9.17) is 9.47 Å². The van der Waals surface area contributed by atoms with Gasteiger partial charge in [-0.3, -0.25) is 9.78 Å². The standard InChI is InChI=1S/C30H32N6O5S/c1-17(2)20-9-10-31-14-21(20)19-11-27(36-28(12-19)42(6,38)39)34-24-13-26(33-18(3)37)32-15-22(24)23-7-8-25-29(35-23)40-16-30(4,5)41-25/h7-15,17H,16H2,1-6H3,(H2,32,33,34,36,37). The Morgan fingerprint density at radius 2 is 1.81 bits per heavy atom. The zero-order chi connectivity index (χ0) is 30.2.